The molecule has 1 aliphatic rings. The highest BCUT2D eigenvalue weighted by atomic mass is 79.9. The second-order valence-corrected chi connectivity index (χ2v) is 14.5. The lowest BCUT2D eigenvalue weighted by atomic mass is 9.96. The molecule has 14 heteroatoms. The number of hydrogen-bond acceptors (Lipinski definition) is 8. The minimum Gasteiger partial charge on any atom is -0.444 e. The third-order valence-electron chi connectivity index (χ3n) is 8.05. The highest BCUT2D eigenvalue weighted by Crippen LogP contribution is 2.44. The van der Waals surface area contributed by atoms with Crippen LogP contribution >= 0.6 is 27.5 Å². The summed E-state index contributed by atoms with van der Waals surface area (Å²) in [5.41, 5.74) is 4.60. The van der Waals surface area contributed by atoms with Crippen LogP contribution in [0.1, 0.15) is 45.6 Å². The summed E-state index contributed by atoms with van der Waals surface area (Å²) < 4.78 is 25.8. The molecule has 2 amide bonds. The van der Waals surface area contributed by atoms with Crippen LogP contribution in [-0.4, -0.2) is 83.3 Å². The first-order valence-electron chi connectivity index (χ1n) is 16.7. The van der Waals surface area contributed by atoms with Gasteiger partial charge in [0.05, 0.1) is 35.5 Å². The van der Waals surface area contributed by atoms with Crippen LogP contribution in [0, 0.1) is 12.7 Å². The van der Waals surface area contributed by atoms with Crippen molar-refractivity contribution in [3.8, 4) is 22.5 Å². The van der Waals surface area contributed by atoms with Crippen molar-refractivity contribution in [3.05, 3.63) is 59.0 Å². The molecule has 0 bridgehead atoms. The van der Waals surface area contributed by atoms with Gasteiger partial charge in [-0.15, -0.1) is 0 Å². The van der Waals surface area contributed by atoms with Gasteiger partial charge in [-0.2, -0.15) is 0 Å². The summed E-state index contributed by atoms with van der Waals surface area (Å²) in [4.78, 5) is 40.4. The van der Waals surface area contributed by atoms with Crippen molar-refractivity contribution >= 4 is 62.1 Å². The van der Waals surface area contributed by atoms with E-state index in [1.807, 2.05) is 45.9 Å². The maximum atomic E-state index is 14.9. The molecule has 2 aromatic carbocycles. The standard InChI is InChI=1S/C36H44BrClFN7O4/c1-22-17-23(19-25(39)18-22)27-21-42-33(41-12-11-40-30(47)9-15-49-16-10-37)31(34-44-28-6-5-24(38)20-29(28)45-34)32(27)46-13-7-26(8-14-46)43-35(48)50-36(2,3)4/h5-6,17-21,26H,7-16H2,1-4H3,(H,40,47)(H,41,42)(H,43,48)(H,44,45). The number of piperidine rings is 1. The van der Waals surface area contributed by atoms with E-state index >= 15 is 0 Å². The molecule has 4 aromatic rings. The number of aromatic amines is 1. The monoisotopic (exact) mass is 771 g/mol. The summed E-state index contributed by atoms with van der Waals surface area (Å²) in [7, 11) is 0. The summed E-state index contributed by atoms with van der Waals surface area (Å²) in [6, 6.07) is 10.3. The number of aryl methyl sites for hydroxylation is 1. The number of carbonyl (C=O) groups excluding carboxylic acids is 2. The Morgan fingerprint density at radius 3 is 2.62 bits per heavy atom. The predicted molar refractivity (Wildman–Crippen MR) is 200 cm³/mol. The number of rotatable bonds is 13. The summed E-state index contributed by atoms with van der Waals surface area (Å²) >= 11 is 9.64. The fourth-order valence-corrected chi connectivity index (χ4v) is 6.31. The Balaban J connectivity index is 1.50. The van der Waals surface area contributed by atoms with Gasteiger partial charge in [-0.05, 0) is 82.0 Å². The van der Waals surface area contributed by atoms with Crippen LogP contribution in [0.15, 0.2) is 42.6 Å². The molecule has 268 valence electrons. The third kappa shape index (κ3) is 10.1. The Morgan fingerprint density at radius 2 is 1.90 bits per heavy atom. The first-order valence-corrected chi connectivity index (χ1v) is 18.2. The number of aromatic nitrogens is 3. The average Bonchev–Trinajstić information content (AvgIpc) is 3.46. The number of fused-ring (bicyclic) bond motifs is 1. The zero-order valence-electron chi connectivity index (χ0n) is 28.8. The largest absolute Gasteiger partial charge is 0.444 e. The van der Waals surface area contributed by atoms with Gasteiger partial charge in [0.15, 0.2) is 0 Å². The van der Waals surface area contributed by atoms with E-state index in [-0.39, 0.29) is 24.2 Å². The van der Waals surface area contributed by atoms with E-state index in [1.54, 1.807) is 12.3 Å². The maximum absolute atomic E-state index is 14.9. The first-order chi connectivity index (χ1) is 23.9. The Kier molecular flexibility index (Phi) is 12.6. The van der Waals surface area contributed by atoms with Crippen molar-refractivity contribution in [2.75, 3.05) is 54.9 Å². The molecule has 4 N–H and O–H groups in total. The Labute approximate surface area is 305 Å². The number of imidazole rings is 1. The van der Waals surface area contributed by atoms with Crippen LogP contribution in [0.4, 0.5) is 20.7 Å². The number of ether oxygens (including phenoxy) is 2. The lowest BCUT2D eigenvalue weighted by Crippen LogP contribution is -2.46. The van der Waals surface area contributed by atoms with E-state index in [0.29, 0.717) is 85.4 Å². The topological polar surface area (TPSA) is 134 Å². The fourth-order valence-electron chi connectivity index (χ4n) is 5.91. The molecule has 0 saturated carbocycles. The van der Waals surface area contributed by atoms with Crippen molar-refractivity contribution in [2.45, 2.75) is 58.6 Å². The molecule has 2 aromatic heterocycles. The van der Waals surface area contributed by atoms with E-state index in [0.717, 1.165) is 27.8 Å². The van der Waals surface area contributed by atoms with Gasteiger partial charge in [0, 0.05) is 60.8 Å². The van der Waals surface area contributed by atoms with Crippen LogP contribution in [-0.2, 0) is 14.3 Å². The van der Waals surface area contributed by atoms with Crippen molar-refractivity contribution in [1.82, 2.24) is 25.6 Å². The Bertz CT molecular complexity index is 1790. The van der Waals surface area contributed by atoms with Crippen molar-refractivity contribution in [2.24, 2.45) is 0 Å². The number of H-pyrrole nitrogens is 1. The van der Waals surface area contributed by atoms with Crippen LogP contribution in [0.3, 0.4) is 0 Å². The van der Waals surface area contributed by atoms with Gasteiger partial charge in [0.25, 0.3) is 0 Å². The van der Waals surface area contributed by atoms with Crippen LogP contribution < -0.4 is 20.9 Å². The van der Waals surface area contributed by atoms with Gasteiger partial charge in [0.1, 0.15) is 23.1 Å². The zero-order valence-corrected chi connectivity index (χ0v) is 31.1. The fraction of sp³-hybridized carbons (Fsp3) is 0.444. The molecule has 1 saturated heterocycles. The number of hydrogen-bond donors (Lipinski definition) is 4. The van der Waals surface area contributed by atoms with Crippen molar-refractivity contribution in [1.29, 1.82) is 0 Å². The lowest BCUT2D eigenvalue weighted by Gasteiger charge is -2.36. The summed E-state index contributed by atoms with van der Waals surface area (Å²) in [5.74, 6) is 0.654. The van der Waals surface area contributed by atoms with Crippen molar-refractivity contribution < 1.29 is 23.5 Å². The number of nitrogens with one attached hydrogen (secondary N) is 4. The molecule has 0 atom stereocenters. The molecule has 5 rings (SSSR count). The van der Waals surface area contributed by atoms with E-state index in [4.69, 9.17) is 31.0 Å². The van der Waals surface area contributed by atoms with E-state index in [2.05, 4.69) is 41.8 Å². The normalized spacial score (nSPS) is 13.8. The molecular weight excluding hydrogens is 729 g/mol. The number of halogens is 3. The number of amides is 2. The Morgan fingerprint density at radius 1 is 1.12 bits per heavy atom. The number of alkyl halides is 1. The maximum Gasteiger partial charge on any atom is 0.407 e. The average molecular weight is 773 g/mol. The van der Waals surface area contributed by atoms with Gasteiger partial charge in [-0.25, -0.2) is 19.2 Å². The summed E-state index contributed by atoms with van der Waals surface area (Å²) in [5, 5.41) is 10.6. The number of anilines is 2. The van der Waals surface area contributed by atoms with Gasteiger partial charge >= 0.3 is 6.09 Å². The molecule has 50 heavy (non-hydrogen) atoms. The number of benzene rings is 2. The molecule has 0 unspecified atom stereocenters. The molecule has 0 radical (unpaired) electrons. The molecule has 11 nitrogen and oxygen atoms in total. The first kappa shape index (κ1) is 37.3. The highest BCUT2D eigenvalue weighted by Gasteiger charge is 2.29. The van der Waals surface area contributed by atoms with E-state index < -0.39 is 11.7 Å². The van der Waals surface area contributed by atoms with E-state index in [9.17, 15) is 14.0 Å². The van der Waals surface area contributed by atoms with Gasteiger partial charge < -0.3 is 35.3 Å². The van der Waals surface area contributed by atoms with E-state index in [1.165, 1.54) is 12.1 Å². The molecular formula is C36H44BrClFN7O4. The number of carbonyl (C=O) groups is 2. The molecule has 1 aliphatic heterocycles. The Hall–Kier alpha value is -3.94. The number of nitrogens with zero attached hydrogens (tertiary/aromatic N) is 3. The minimum absolute atomic E-state index is 0.0781. The highest BCUT2D eigenvalue weighted by molar-refractivity contribution is 9.09. The molecule has 3 heterocycles. The molecule has 0 spiro atoms. The zero-order chi connectivity index (χ0) is 35.8. The van der Waals surface area contributed by atoms with Gasteiger partial charge in [-0.3, -0.25) is 4.79 Å². The van der Waals surface area contributed by atoms with Gasteiger partial charge in [-0.1, -0.05) is 33.6 Å². The minimum atomic E-state index is -0.598. The predicted octanol–water partition coefficient (Wildman–Crippen LogP) is 7.22. The van der Waals surface area contributed by atoms with Crippen LogP contribution in [0.25, 0.3) is 33.5 Å². The quantitative estimate of drug-likeness (QED) is 0.0828. The molecule has 0 aliphatic carbocycles. The second-order valence-electron chi connectivity index (χ2n) is 13.2. The lowest BCUT2D eigenvalue weighted by molar-refractivity contribution is -0.122. The molecule has 1 fully saturated rings. The van der Waals surface area contributed by atoms with Crippen molar-refractivity contribution in [3.63, 3.8) is 0 Å². The summed E-state index contributed by atoms with van der Waals surface area (Å²) in [6.07, 6.45) is 2.89. The smallest absolute Gasteiger partial charge is 0.407 e. The third-order valence-corrected chi connectivity index (χ3v) is 8.61. The van der Waals surface area contributed by atoms with Crippen LogP contribution in [0.2, 0.25) is 5.02 Å². The number of alkyl carbamates (subject to hydrolysis) is 1. The van der Waals surface area contributed by atoms with Gasteiger partial charge in [0.2, 0.25) is 5.91 Å². The van der Waals surface area contributed by atoms with Crippen LogP contribution in [0.5, 0.6) is 0 Å². The second kappa shape index (κ2) is 16.8. The summed E-state index contributed by atoms with van der Waals surface area (Å²) in [6.45, 7) is 10.2. The SMILES string of the molecule is Cc1cc(F)cc(-c2cnc(NCCNC(=O)CCOCCBr)c(-c3nc4ccc(Cl)cc4[nH]3)c2N2CCC(NC(=O)OC(C)(C)C)CC2)c1. The number of pyridine rings is 1.